The largest absolute Gasteiger partial charge is 0.516 e. The second-order valence-corrected chi connectivity index (χ2v) is 3.47. The lowest BCUT2D eigenvalue weighted by atomic mass is 10.1. The lowest BCUT2D eigenvalue weighted by molar-refractivity contribution is 0.223. The molecular formula is C12H22O2. The molecule has 0 bridgehead atoms. The Morgan fingerprint density at radius 1 is 1.14 bits per heavy atom. The first kappa shape index (κ1) is 13.2. The molecule has 0 saturated heterocycles. The van der Waals surface area contributed by atoms with Crippen molar-refractivity contribution < 1.29 is 10.2 Å². The van der Waals surface area contributed by atoms with Gasteiger partial charge in [-0.3, -0.25) is 0 Å². The minimum atomic E-state index is -0.549. The second kappa shape index (κ2) is 10.3. The highest BCUT2D eigenvalue weighted by Gasteiger charge is 1.93. The molecule has 1 atom stereocenters. The van der Waals surface area contributed by atoms with Crippen LogP contribution in [0.5, 0.6) is 0 Å². The van der Waals surface area contributed by atoms with Gasteiger partial charge in [0.1, 0.15) is 0 Å². The van der Waals surface area contributed by atoms with E-state index in [2.05, 4.69) is 13.0 Å². The molecule has 0 aromatic carbocycles. The van der Waals surface area contributed by atoms with Crippen molar-refractivity contribution in [2.75, 3.05) is 0 Å². The Labute approximate surface area is 87.0 Å². The number of unbranched alkanes of at least 4 members (excludes halogenated alkanes) is 4. The molecule has 0 spiro atoms. The smallest absolute Gasteiger partial charge is 0.0787 e. The molecule has 82 valence electrons. The van der Waals surface area contributed by atoms with Crippen molar-refractivity contribution in [3.63, 3.8) is 0 Å². The Morgan fingerprint density at radius 3 is 2.57 bits per heavy atom. The van der Waals surface area contributed by atoms with Crippen LogP contribution in [0.3, 0.4) is 0 Å². The molecule has 0 saturated carbocycles. The molecule has 0 rings (SSSR count). The minimum absolute atomic E-state index is 0.549. The summed E-state index contributed by atoms with van der Waals surface area (Å²) < 4.78 is 0. The molecule has 2 heteroatoms. The number of allylic oxidation sites excluding steroid dienone is 1. The van der Waals surface area contributed by atoms with Gasteiger partial charge in [0.15, 0.2) is 0 Å². The number of rotatable bonds is 8. The van der Waals surface area contributed by atoms with Gasteiger partial charge in [-0.05, 0) is 25.3 Å². The predicted octanol–water partition coefficient (Wildman–Crippen LogP) is 3.34. The first-order valence-corrected chi connectivity index (χ1v) is 5.45. The van der Waals surface area contributed by atoms with Crippen LogP contribution in [-0.2, 0) is 0 Å². The van der Waals surface area contributed by atoms with E-state index in [0.29, 0.717) is 6.42 Å². The predicted molar refractivity (Wildman–Crippen MR) is 60.3 cm³/mol. The van der Waals surface area contributed by atoms with Crippen molar-refractivity contribution in [1.82, 2.24) is 0 Å². The van der Waals surface area contributed by atoms with E-state index in [-0.39, 0.29) is 0 Å². The van der Waals surface area contributed by atoms with Gasteiger partial charge in [0, 0.05) is 0 Å². The topological polar surface area (TPSA) is 40.5 Å². The zero-order valence-corrected chi connectivity index (χ0v) is 9.02. The van der Waals surface area contributed by atoms with Gasteiger partial charge in [-0.15, -0.1) is 0 Å². The van der Waals surface area contributed by atoms with Crippen LogP contribution in [0.15, 0.2) is 24.5 Å². The van der Waals surface area contributed by atoms with Crippen molar-refractivity contribution in [1.29, 1.82) is 0 Å². The molecule has 0 aliphatic heterocycles. The number of aliphatic hydroxyl groups excluding tert-OH is 2. The van der Waals surface area contributed by atoms with Gasteiger partial charge in [0.05, 0.1) is 12.4 Å². The molecule has 0 aliphatic rings. The van der Waals surface area contributed by atoms with Crippen LogP contribution < -0.4 is 0 Å². The van der Waals surface area contributed by atoms with E-state index < -0.39 is 6.10 Å². The zero-order valence-electron chi connectivity index (χ0n) is 9.02. The molecule has 14 heavy (non-hydrogen) atoms. The van der Waals surface area contributed by atoms with Gasteiger partial charge in [-0.2, -0.15) is 0 Å². The average molecular weight is 198 g/mol. The molecule has 0 fully saturated rings. The summed E-state index contributed by atoms with van der Waals surface area (Å²) >= 11 is 0. The molecule has 2 nitrogen and oxygen atoms in total. The van der Waals surface area contributed by atoms with Gasteiger partial charge < -0.3 is 10.2 Å². The summed E-state index contributed by atoms with van der Waals surface area (Å²) in [5.41, 5.74) is 0. The van der Waals surface area contributed by atoms with Crippen LogP contribution in [0.2, 0.25) is 0 Å². The highest BCUT2D eigenvalue weighted by Crippen LogP contribution is 2.04. The Morgan fingerprint density at radius 2 is 1.93 bits per heavy atom. The van der Waals surface area contributed by atoms with E-state index in [1.54, 1.807) is 0 Å². The van der Waals surface area contributed by atoms with Gasteiger partial charge >= 0.3 is 0 Å². The van der Waals surface area contributed by atoms with Crippen LogP contribution in [0.25, 0.3) is 0 Å². The fourth-order valence-electron chi connectivity index (χ4n) is 1.22. The van der Waals surface area contributed by atoms with Gasteiger partial charge in [0.25, 0.3) is 0 Å². The van der Waals surface area contributed by atoms with E-state index in [4.69, 9.17) is 5.11 Å². The quantitative estimate of drug-likeness (QED) is 0.357. The summed E-state index contributed by atoms with van der Waals surface area (Å²) in [7, 11) is 0. The Balaban J connectivity index is 3.26. The third kappa shape index (κ3) is 9.33. The lowest BCUT2D eigenvalue weighted by Crippen LogP contribution is -1.98. The summed E-state index contributed by atoms with van der Waals surface area (Å²) in [6.45, 7) is 2.20. The molecule has 0 amide bonds. The van der Waals surface area contributed by atoms with Crippen LogP contribution in [0.1, 0.15) is 45.4 Å². The van der Waals surface area contributed by atoms with E-state index in [9.17, 15) is 5.11 Å². The van der Waals surface area contributed by atoms with Gasteiger partial charge in [-0.1, -0.05) is 38.3 Å². The van der Waals surface area contributed by atoms with Crippen molar-refractivity contribution in [3.05, 3.63) is 24.5 Å². The average Bonchev–Trinajstić information content (AvgIpc) is 2.17. The number of hydrogen-bond acceptors (Lipinski definition) is 2. The standard InChI is InChI=1S/C12H22O2/c1-2-3-4-5-6-7-8-9-12(14)10-11-13/h7-8,10-14H,2-6,9H2,1H3. The first-order valence-electron chi connectivity index (χ1n) is 5.45. The maximum Gasteiger partial charge on any atom is 0.0787 e. The van der Waals surface area contributed by atoms with Crippen LogP contribution in [-0.4, -0.2) is 16.3 Å². The third-order valence-corrected chi connectivity index (χ3v) is 2.08. The fraction of sp³-hybridized carbons (Fsp3) is 0.667. The Hall–Kier alpha value is -0.760. The maximum absolute atomic E-state index is 9.19. The molecular weight excluding hydrogens is 176 g/mol. The summed E-state index contributed by atoms with van der Waals surface area (Å²) in [6.07, 6.45) is 12.6. The van der Waals surface area contributed by atoms with Crippen LogP contribution in [0.4, 0.5) is 0 Å². The van der Waals surface area contributed by atoms with E-state index in [1.807, 2.05) is 6.08 Å². The van der Waals surface area contributed by atoms with Gasteiger partial charge in [-0.25, -0.2) is 0 Å². The third-order valence-electron chi connectivity index (χ3n) is 2.08. The zero-order chi connectivity index (χ0) is 10.6. The molecule has 0 radical (unpaired) electrons. The van der Waals surface area contributed by atoms with Crippen molar-refractivity contribution in [2.45, 2.75) is 51.6 Å². The fourth-order valence-corrected chi connectivity index (χ4v) is 1.22. The van der Waals surface area contributed by atoms with E-state index in [1.165, 1.54) is 31.8 Å². The highest BCUT2D eigenvalue weighted by atomic mass is 16.3. The number of aliphatic hydroxyl groups is 2. The monoisotopic (exact) mass is 198 g/mol. The maximum atomic E-state index is 9.19. The Kier molecular flexibility index (Phi) is 9.76. The normalized spacial score (nSPS) is 14.1. The minimum Gasteiger partial charge on any atom is -0.516 e. The number of hydrogen-bond donors (Lipinski definition) is 2. The molecule has 1 unspecified atom stereocenters. The summed E-state index contributed by atoms with van der Waals surface area (Å²) in [5, 5.41) is 17.6. The SMILES string of the molecule is CCCCCCC=CCC(O)C=CO. The van der Waals surface area contributed by atoms with Crippen LogP contribution >= 0.6 is 0 Å². The summed E-state index contributed by atoms with van der Waals surface area (Å²) in [4.78, 5) is 0. The summed E-state index contributed by atoms with van der Waals surface area (Å²) in [5.74, 6) is 0. The Bertz CT molecular complexity index is 162. The molecule has 2 N–H and O–H groups in total. The highest BCUT2D eigenvalue weighted by molar-refractivity contribution is 4.91. The lowest BCUT2D eigenvalue weighted by Gasteiger charge is -1.98. The van der Waals surface area contributed by atoms with E-state index in [0.717, 1.165) is 12.7 Å². The van der Waals surface area contributed by atoms with Gasteiger partial charge in [0.2, 0.25) is 0 Å². The summed E-state index contributed by atoms with van der Waals surface area (Å²) in [6, 6.07) is 0. The van der Waals surface area contributed by atoms with E-state index >= 15 is 0 Å². The molecule has 0 aliphatic carbocycles. The molecule has 0 heterocycles. The van der Waals surface area contributed by atoms with Crippen LogP contribution in [0, 0.1) is 0 Å². The van der Waals surface area contributed by atoms with Crippen molar-refractivity contribution in [3.8, 4) is 0 Å². The molecule has 0 aromatic heterocycles. The second-order valence-electron chi connectivity index (χ2n) is 3.47. The first-order chi connectivity index (χ1) is 6.81. The molecule has 0 aromatic rings. The van der Waals surface area contributed by atoms with Crippen molar-refractivity contribution >= 4 is 0 Å². The van der Waals surface area contributed by atoms with Crippen molar-refractivity contribution in [2.24, 2.45) is 0 Å².